The van der Waals surface area contributed by atoms with Gasteiger partial charge >= 0.3 is 0 Å². The Kier molecular flexibility index (Phi) is 1.19. The molecule has 0 unspecified atom stereocenters. The minimum Gasteiger partial charge on any atom is -0.395 e. The molecule has 0 aromatic heterocycles. The van der Waals surface area contributed by atoms with Crippen LogP contribution < -0.4 is 0 Å². The third-order valence-corrected chi connectivity index (χ3v) is 3.26. The fourth-order valence-electron chi connectivity index (χ4n) is 2.35. The zero-order chi connectivity index (χ0) is 7.19. The molecule has 10 heavy (non-hydrogen) atoms. The van der Waals surface area contributed by atoms with Crippen molar-refractivity contribution in [1.29, 1.82) is 0 Å². The van der Waals surface area contributed by atoms with Gasteiger partial charge in [-0.3, -0.25) is 0 Å². The largest absolute Gasteiger partial charge is 0.395 e. The monoisotopic (exact) mass is 138 g/mol. The summed E-state index contributed by atoms with van der Waals surface area (Å²) in [6.07, 6.45) is 6.04. The van der Waals surface area contributed by atoms with Crippen molar-refractivity contribution >= 4 is 0 Å². The molecule has 1 saturated carbocycles. The standard InChI is InChI=1S/C9H14O/c1-7-2-3-8-4-9(7,5-8)6-10/h2,8,10H,3-6H2,1H3. The molecular weight excluding hydrogens is 124 g/mol. The van der Waals surface area contributed by atoms with Crippen molar-refractivity contribution in [3.63, 3.8) is 0 Å². The van der Waals surface area contributed by atoms with E-state index >= 15 is 0 Å². The quantitative estimate of drug-likeness (QED) is 0.547. The second-order valence-corrected chi connectivity index (χ2v) is 3.84. The molecule has 3 rings (SSSR count). The maximum atomic E-state index is 9.12. The molecule has 1 N–H and O–H groups in total. The van der Waals surface area contributed by atoms with Gasteiger partial charge in [0.25, 0.3) is 0 Å². The zero-order valence-corrected chi connectivity index (χ0v) is 6.43. The van der Waals surface area contributed by atoms with Gasteiger partial charge in [-0.15, -0.1) is 0 Å². The van der Waals surface area contributed by atoms with E-state index in [2.05, 4.69) is 13.0 Å². The number of aliphatic hydroxyl groups is 1. The summed E-state index contributed by atoms with van der Waals surface area (Å²) in [5.41, 5.74) is 1.67. The van der Waals surface area contributed by atoms with Crippen LogP contribution in [0.2, 0.25) is 0 Å². The first-order chi connectivity index (χ1) is 4.77. The van der Waals surface area contributed by atoms with Gasteiger partial charge in [0.2, 0.25) is 0 Å². The lowest BCUT2D eigenvalue weighted by atomic mass is 9.54. The maximum Gasteiger partial charge on any atom is 0.0524 e. The molecule has 56 valence electrons. The summed E-state index contributed by atoms with van der Waals surface area (Å²) in [6, 6.07) is 0. The molecule has 3 aliphatic rings. The van der Waals surface area contributed by atoms with Crippen LogP contribution in [-0.2, 0) is 0 Å². The zero-order valence-electron chi connectivity index (χ0n) is 6.43. The summed E-state index contributed by atoms with van der Waals surface area (Å²) in [5, 5.41) is 9.12. The topological polar surface area (TPSA) is 20.2 Å². The Morgan fingerprint density at radius 2 is 2.40 bits per heavy atom. The number of aliphatic hydroxyl groups excluding tert-OH is 1. The van der Waals surface area contributed by atoms with Crippen LogP contribution in [0.25, 0.3) is 0 Å². The van der Waals surface area contributed by atoms with E-state index in [9.17, 15) is 0 Å². The summed E-state index contributed by atoms with van der Waals surface area (Å²) >= 11 is 0. The van der Waals surface area contributed by atoms with Crippen LogP contribution in [0.1, 0.15) is 26.2 Å². The molecule has 0 aromatic carbocycles. The highest BCUT2D eigenvalue weighted by Gasteiger charge is 2.46. The van der Waals surface area contributed by atoms with Crippen LogP contribution in [0, 0.1) is 11.3 Å². The summed E-state index contributed by atoms with van der Waals surface area (Å²) in [6.45, 7) is 2.53. The summed E-state index contributed by atoms with van der Waals surface area (Å²) in [7, 11) is 0. The average molecular weight is 138 g/mol. The van der Waals surface area contributed by atoms with Gasteiger partial charge in [0.15, 0.2) is 0 Å². The van der Waals surface area contributed by atoms with E-state index in [0.717, 1.165) is 5.92 Å². The highest BCUT2D eigenvalue weighted by Crippen LogP contribution is 2.55. The molecule has 0 spiro atoms. The molecule has 0 amide bonds. The van der Waals surface area contributed by atoms with E-state index in [0.29, 0.717) is 6.61 Å². The Balaban J connectivity index is 2.25. The molecule has 0 atom stereocenters. The van der Waals surface area contributed by atoms with E-state index < -0.39 is 0 Å². The molecule has 0 aromatic rings. The first-order valence-electron chi connectivity index (χ1n) is 4.05. The Morgan fingerprint density at radius 1 is 1.70 bits per heavy atom. The summed E-state index contributed by atoms with van der Waals surface area (Å²) in [4.78, 5) is 0. The van der Waals surface area contributed by atoms with Gasteiger partial charge in [-0.25, -0.2) is 0 Å². The Morgan fingerprint density at radius 3 is 2.80 bits per heavy atom. The van der Waals surface area contributed by atoms with Crippen LogP contribution >= 0.6 is 0 Å². The van der Waals surface area contributed by atoms with Crippen molar-refractivity contribution in [2.24, 2.45) is 11.3 Å². The smallest absolute Gasteiger partial charge is 0.0524 e. The Hall–Kier alpha value is -0.300. The van der Waals surface area contributed by atoms with Crippen LogP contribution in [-0.4, -0.2) is 11.7 Å². The van der Waals surface area contributed by atoms with Gasteiger partial charge in [0, 0.05) is 5.41 Å². The highest BCUT2D eigenvalue weighted by molar-refractivity contribution is 5.23. The van der Waals surface area contributed by atoms with E-state index in [-0.39, 0.29) is 5.41 Å². The highest BCUT2D eigenvalue weighted by atomic mass is 16.3. The van der Waals surface area contributed by atoms with Gasteiger partial charge in [0.05, 0.1) is 6.61 Å². The lowest BCUT2D eigenvalue weighted by molar-refractivity contribution is 0.0174. The number of fused-ring (bicyclic) bond motifs is 1. The number of hydrogen-bond acceptors (Lipinski definition) is 1. The number of hydrogen-bond donors (Lipinski definition) is 1. The maximum absolute atomic E-state index is 9.12. The average Bonchev–Trinajstić information content (AvgIpc) is 1.86. The predicted molar refractivity (Wildman–Crippen MR) is 40.6 cm³/mol. The van der Waals surface area contributed by atoms with Crippen molar-refractivity contribution in [2.45, 2.75) is 26.2 Å². The molecule has 1 nitrogen and oxygen atoms in total. The van der Waals surface area contributed by atoms with E-state index in [1.54, 1.807) is 0 Å². The van der Waals surface area contributed by atoms with Crippen molar-refractivity contribution in [1.82, 2.24) is 0 Å². The molecule has 0 aliphatic heterocycles. The molecule has 0 radical (unpaired) electrons. The second kappa shape index (κ2) is 1.85. The summed E-state index contributed by atoms with van der Waals surface area (Å²) in [5.74, 6) is 0.899. The van der Waals surface area contributed by atoms with Gasteiger partial charge in [-0.2, -0.15) is 0 Å². The van der Waals surface area contributed by atoms with Crippen LogP contribution in [0.15, 0.2) is 11.6 Å². The van der Waals surface area contributed by atoms with E-state index in [4.69, 9.17) is 5.11 Å². The van der Waals surface area contributed by atoms with Gasteiger partial charge in [-0.1, -0.05) is 11.6 Å². The third-order valence-electron chi connectivity index (χ3n) is 3.26. The Bertz CT molecular complexity index is 175. The van der Waals surface area contributed by atoms with Gasteiger partial charge < -0.3 is 5.11 Å². The molecule has 3 aliphatic carbocycles. The molecule has 0 heterocycles. The number of allylic oxidation sites excluding steroid dienone is 1. The fourth-order valence-corrected chi connectivity index (χ4v) is 2.35. The molecule has 0 saturated heterocycles. The first-order valence-corrected chi connectivity index (χ1v) is 4.05. The van der Waals surface area contributed by atoms with Crippen LogP contribution in [0.3, 0.4) is 0 Å². The van der Waals surface area contributed by atoms with Crippen molar-refractivity contribution in [3.05, 3.63) is 11.6 Å². The molecule has 1 fully saturated rings. The lowest BCUT2D eigenvalue weighted by Crippen LogP contribution is -2.43. The lowest BCUT2D eigenvalue weighted by Gasteiger charge is -2.51. The third kappa shape index (κ3) is 0.615. The normalized spacial score (nSPS) is 44.2. The first kappa shape index (κ1) is 6.41. The SMILES string of the molecule is CC1=CCC2CC1(CO)C2. The van der Waals surface area contributed by atoms with Crippen molar-refractivity contribution < 1.29 is 5.11 Å². The molecule has 2 bridgehead atoms. The fraction of sp³-hybridized carbons (Fsp3) is 0.778. The van der Waals surface area contributed by atoms with E-state index in [1.165, 1.54) is 24.8 Å². The Labute approximate surface area is 61.8 Å². The van der Waals surface area contributed by atoms with Gasteiger partial charge in [-0.05, 0) is 32.1 Å². The minimum atomic E-state index is 0.239. The van der Waals surface area contributed by atoms with E-state index in [1.807, 2.05) is 0 Å². The second-order valence-electron chi connectivity index (χ2n) is 3.84. The summed E-state index contributed by atoms with van der Waals surface area (Å²) < 4.78 is 0. The van der Waals surface area contributed by atoms with Crippen LogP contribution in [0.5, 0.6) is 0 Å². The minimum absolute atomic E-state index is 0.239. The molecular formula is C9H14O. The van der Waals surface area contributed by atoms with Gasteiger partial charge in [0.1, 0.15) is 0 Å². The molecule has 1 heteroatoms. The predicted octanol–water partition coefficient (Wildman–Crippen LogP) is 1.73. The van der Waals surface area contributed by atoms with Crippen LogP contribution in [0.4, 0.5) is 0 Å². The van der Waals surface area contributed by atoms with Crippen molar-refractivity contribution in [2.75, 3.05) is 6.61 Å². The van der Waals surface area contributed by atoms with Crippen molar-refractivity contribution in [3.8, 4) is 0 Å². The number of rotatable bonds is 1.